The van der Waals surface area contributed by atoms with Crippen LogP contribution in [0, 0.1) is 5.92 Å². The Balaban J connectivity index is 1.32. The Bertz CT molecular complexity index is 1330. The number of sulfonamides is 1. The van der Waals surface area contributed by atoms with Crippen molar-refractivity contribution in [3.8, 4) is 0 Å². The largest absolute Gasteiger partial charge is 0.355 e. The predicted molar refractivity (Wildman–Crippen MR) is 122 cm³/mol. The van der Waals surface area contributed by atoms with Crippen LogP contribution in [-0.2, 0) is 25.2 Å². The zero-order chi connectivity index (χ0) is 24.1. The molecule has 176 valence electrons. The van der Waals surface area contributed by atoms with Crippen molar-refractivity contribution in [3.05, 3.63) is 65.7 Å². The highest BCUT2D eigenvalue weighted by Crippen LogP contribution is 2.31. The molecule has 2 fully saturated rings. The first-order valence-electron chi connectivity index (χ1n) is 10.9. The van der Waals surface area contributed by atoms with E-state index in [1.54, 1.807) is 60.4 Å². The number of urea groups is 1. The number of amidine groups is 1. The van der Waals surface area contributed by atoms with Crippen molar-refractivity contribution in [2.24, 2.45) is 10.3 Å². The summed E-state index contributed by atoms with van der Waals surface area (Å²) in [6.45, 7) is 2.35. The second kappa shape index (κ2) is 7.94. The van der Waals surface area contributed by atoms with E-state index in [4.69, 9.17) is 0 Å². The number of imide groups is 1. The Hall–Kier alpha value is -3.73. The van der Waals surface area contributed by atoms with E-state index in [1.807, 2.05) is 0 Å². The van der Waals surface area contributed by atoms with Gasteiger partial charge in [0.25, 0.3) is 15.9 Å². The molecule has 0 bridgehead atoms. The molecule has 0 unspecified atom stereocenters. The van der Waals surface area contributed by atoms with Gasteiger partial charge >= 0.3 is 6.03 Å². The number of rotatable bonds is 3. The highest BCUT2D eigenvalue weighted by atomic mass is 32.2. The van der Waals surface area contributed by atoms with Crippen molar-refractivity contribution in [2.45, 2.75) is 30.2 Å². The van der Waals surface area contributed by atoms with Crippen LogP contribution < -0.4 is 10.7 Å². The number of nitrogens with zero attached hydrogens (tertiary/aromatic N) is 3. The molecule has 0 spiro atoms. The molecule has 0 radical (unpaired) electrons. The molecule has 4 amide bonds. The number of carbonyl (C=O) groups is 3. The molecular weight excluding hydrogens is 458 g/mol. The van der Waals surface area contributed by atoms with Gasteiger partial charge in [0.15, 0.2) is 5.84 Å². The zero-order valence-electron chi connectivity index (χ0n) is 18.4. The SMILES string of the molecule is C[C@]1(c2ccccc2)NC(=O)N(NC(=O)[C@H]2CCCN(C3=NS(=O)(=O)c4ccccc43)C2)C1=O. The fraction of sp³-hybridized carbons (Fsp3) is 0.304. The number of hydrazine groups is 1. The Morgan fingerprint density at radius 1 is 1.12 bits per heavy atom. The van der Waals surface area contributed by atoms with E-state index in [9.17, 15) is 22.8 Å². The zero-order valence-corrected chi connectivity index (χ0v) is 19.2. The molecule has 0 aliphatic carbocycles. The van der Waals surface area contributed by atoms with Crippen molar-refractivity contribution in [2.75, 3.05) is 13.1 Å². The topological polar surface area (TPSA) is 128 Å². The third-order valence-corrected chi connectivity index (χ3v) is 7.79. The summed E-state index contributed by atoms with van der Waals surface area (Å²) in [4.78, 5) is 40.6. The predicted octanol–water partition coefficient (Wildman–Crippen LogP) is 1.35. The van der Waals surface area contributed by atoms with E-state index in [0.717, 1.165) is 5.01 Å². The van der Waals surface area contributed by atoms with Crippen LogP contribution in [0.4, 0.5) is 4.79 Å². The molecule has 3 aliphatic heterocycles. The number of carbonyl (C=O) groups excluding carboxylic acids is 3. The van der Waals surface area contributed by atoms with Gasteiger partial charge in [-0.05, 0) is 37.5 Å². The first-order chi connectivity index (χ1) is 16.2. The van der Waals surface area contributed by atoms with Crippen LogP contribution in [0.5, 0.6) is 0 Å². The first-order valence-corrected chi connectivity index (χ1v) is 12.4. The van der Waals surface area contributed by atoms with Crippen LogP contribution in [0.3, 0.4) is 0 Å². The number of benzene rings is 2. The van der Waals surface area contributed by atoms with Crippen LogP contribution in [-0.4, -0.2) is 55.1 Å². The number of hydrogen-bond donors (Lipinski definition) is 2. The smallest absolute Gasteiger partial charge is 0.344 e. The van der Waals surface area contributed by atoms with E-state index in [0.29, 0.717) is 36.3 Å². The second-order valence-corrected chi connectivity index (χ2v) is 10.3. The number of hydrogen-bond acceptors (Lipinski definition) is 6. The molecule has 2 saturated heterocycles. The molecule has 2 atom stereocenters. The number of amides is 4. The average Bonchev–Trinajstić information content (AvgIpc) is 3.25. The van der Waals surface area contributed by atoms with Crippen LogP contribution in [0.15, 0.2) is 63.9 Å². The van der Waals surface area contributed by atoms with Gasteiger partial charge in [-0.15, -0.1) is 4.40 Å². The van der Waals surface area contributed by atoms with Crippen molar-refractivity contribution in [1.82, 2.24) is 20.7 Å². The molecule has 0 saturated carbocycles. The normalized spacial score (nSPS) is 25.6. The van der Waals surface area contributed by atoms with Gasteiger partial charge < -0.3 is 10.2 Å². The minimum atomic E-state index is -3.77. The van der Waals surface area contributed by atoms with Gasteiger partial charge in [0.05, 0.1) is 5.92 Å². The van der Waals surface area contributed by atoms with E-state index in [2.05, 4.69) is 15.1 Å². The maximum Gasteiger partial charge on any atom is 0.344 e. The Morgan fingerprint density at radius 2 is 1.82 bits per heavy atom. The Labute approximate surface area is 196 Å². The molecule has 10 nitrogen and oxygen atoms in total. The quantitative estimate of drug-likeness (QED) is 0.637. The third-order valence-electron chi connectivity index (χ3n) is 6.47. The van der Waals surface area contributed by atoms with Crippen LogP contribution in [0.2, 0.25) is 0 Å². The molecule has 0 aromatic heterocycles. The van der Waals surface area contributed by atoms with Crippen molar-refractivity contribution < 1.29 is 22.8 Å². The minimum absolute atomic E-state index is 0.149. The molecule has 2 N–H and O–H groups in total. The highest BCUT2D eigenvalue weighted by molar-refractivity contribution is 7.90. The summed E-state index contributed by atoms with van der Waals surface area (Å²) in [5.74, 6) is -1.30. The van der Waals surface area contributed by atoms with Gasteiger partial charge in [-0.2, -0.15) is 13.4 Å². The van der Waals surface area contributed by atoms with Crippen LogP contribution in [0.1, 0.15) is 30.9 Å². The molecular formula is C23H23N5O5S. The fourth-order valence-corrected chi connectivity index (χ4v) is 5.84. The molecule has 5 rings (SSSR count). The van der Waals surface area contributed by atoms with Crippen LogP contribution >= 0.6 is 0 Å². The van der Waals surface area contributed by atoms with E-state index in [1.165, 1.54) is 6.07 Å². The molecule has 3 heterocycles. The second-order valence-electron chi connectivity index (χ2n) is 8.71. The van der Waals surface area contributed by atoms with E-state index < -0.39 is 39.3 Å². The summed E-state index contributed by atoms with van der Waals surface area (Å²) in [5.41, 5.74) is 2.29. The van der Waals surface area contributed by atoms with Gasteiger partial charge in [-0.3, -0.25) is 15.0 Å². The molecule has 11 heteroatoms. The number of fused-ring (bicyclic) bond motifs is 1. The Kier molecular flexibility index (Phi) is 5.16. The standard InChI is InChI=1S/C23H23N5O5S/c1-23(16-9-3-2-4-10-16)21(30)28(22(31)24-23)25-20(29)15-8-7-13-27(14-15)19-17-11-5-6-12-18(17)34(32,33)26-19/h2-6,9-12,15H,7-8,13-14H2,1H3,(H,24,31)(H,25,29)/t15-,23+/m0/s1. The third kappa shape index (κ3) is 3.52. The lowest BCUT2D eigenvalue weighted by Gasteiger charge is -2.33. The van der Waals surface area contributed by atoms with Crippen LogP contribution in [0.25, 0.3) is 0 Å². The van der Waals surface area contributed by atoms with Gasteiger partial charge in [0, 0.05) is 18.7 Å². The summed E-state index contributed by atoms with van der Waals surface area (Å²) < 4.78 is 28.8. The van der Waals surface area contributed by atoms with Gasteiger partial charge in [-0.25, -0.2) is 4.79 Å². The number of piperidine rings is 1. The maximum atomic E-state index is 13.1. The Morgan fingerprint density at radius 3 is 2.59 bits per heavy atom. The molecule has 34 heavy (non-hydrogen) atoms. The van der Waals surface area contributed by atoms with E-state index in [-0.39, 0.29) is 11.4 Å². The van der Waals surface area contributed by atoms with Crippen molar-refractivity contribution >= 4 is 33.7 Å². The summed E-state index contributed by atoms with van der Waals surface area (Å²) in [6.07, 6.45) is 1.16. The van der Waals surface area contributed by atoms with Crippen molar-refractivity contribution in [3.63, 3.8) is 0 Å². The summed E-state index contributed by atoms with van der Waals surface area (Å²) >= 11 is 0. The highest BCUT2D eigenvalue weighted by Gasteiger charge is 2.50. The van der Waals surface area contributed by atoms with Gasteiger partial charge in [0.1, 0.15) is 10.4 Å². The summed E-state index contributed by atoms with van der Waals surface area (Å²) in [6, 6.07) is 14.7. The lowest BCUT2D eigenvalue weighted by atomic mass is 9.92. The maximum absolute atomic E-state index is 13.1. The summed E-state index contributed by atoms with van der Waals surface area (Å²) in [5, 5.41) is 3.38. The lowest BCUT2D eigenvalue weighted by molar-refractivity contribution is -0.141. The van der Waals surface area contributed by atoms with E-state index >= 15 is 0 Å². The average molecular weight is 482 g/mol. The lowest BCUT2D eigenvalue weighted by Crippen LogP contribution is -2.52. The summed E-state index contributed by atoms with van der Waals surface area (Å²) in [7, 11) is -3.77. The molecule has 2 aromatic rings. The van der Waals surface area contributed by atoms with Gasteiger partial charge in [-0.1, -0.05) is 42.5 Å². The molecule has 2 aromatic carbocycles. The monoisotopic (exact) mass is 481 g/mol. The molecule has 3 aliphatic rings. The number of nitrogens with one attached hydrogen (secondary N) is 2. The van der Waals surface area contributed by atoms with Crippen molar-refractivity contribution in [1.29, 1.82) is 0 Å². The first kappa shape index (κ1) is 22.1. The minimum Gasteiger partial charge on any atom is -0.355 e. The van der Waals surface area contributed by atoms with Gasteiger partial charge in [0.2, 0.25) is 5.91 Å². The number of likely N-dealkylation sites (tertiary alicyclic amines) is 1. The fourth-order valence-electron chi connectivity index (χ4n) is 4.61.